The minimum absolute atomic E-state index is 0.204. The average molecular weight is 308 g/mol. The second-order valence-corrected chi connectivity index (χ2v) is 5.07. The van der Waals surface area contributed by atoms with Gasteiger partial charge in [0.25, 0.3) is 0 Å². The molecule has 18 heavy (non-hydrogen) atoms. The zero-order valence-corrected chi connectivity index (χ0v) is 11.0. The van der Waals surface area contributed by atoms with Crippen molar-refractivity contribution in [1.82, 2.24) is 14.9 Å². The maximum Gasteiger partial charge on any atom is 0.235 e. The highest BCUT2D eigenvalue weighted by Crippen LogP contribution is 2.26. The van der Waals surface area contributed by atoms with Crippen LogP contribution in [-0.2, 0) is 9.59 Å². The van der Waals surface area contributed by atoms with Crippen LogP contribution in [0.2, 0.25) is 0 Å². The first kappa shape index (κ1) is 11.4. The Labute approximate surface area is 111 Å². The number of carbonyl (C=O) groups is 2. The number of halogens is 1. The monoisotopic (exact) mass is 307 g/mol. The molecule has 6 heteroatoms. The van der Waals surface area contributed by atoms with Crippen LogP contribution in [0.15, 0.2) is 28.9 Å². The molecule has 1 N–H and O–H groups in total. The minimum Gasteiger partial charge on any atom is -0.296 e. The quantitative estimate of drug-likeness (QED) is 0.814. The summed E-state index contributed by atoms with van der Waals surface area (Å²) < 4.78 is 2.46. The van der Waals surface area contributed by atoms with E-state index in [1.807, 2.05) is 24.3 Å². The summed E-state index contributed by atoms with van der Waals surface area (Å²) in [4.78, 5) is 23.0. The van der Waals surface area contributed by atoms with Gasteiger partial charge < -0.3 is 0 Å². The normalized spacial score (nSPS) is 20.2. The molecule has 0 radical (unpaired) electrons. The van der Waals surface area contributed by atoms with Gasteiger partial charge in [-0.1, -0.05) is 6.07 Å². The molecule has 1 saturated heterocycles. The molecule has 0 aromatic carbocycles. The average Bonchev–Trinajstić information content (AvgIpc) is 2.69. The van der Waals surface area contributed by atoms with E-state index in [2.05, 4.69) is 26.3 Å². The highest BCUT2D eigenvalue weighted by molar-refractivity contribution is 9.10. The van der Waals surface area contributed by atoms with Gasteiger partial charge in [0.05, 0.1) is 17.1 Å². The smallest absolute Gasteiger partial charge is 0.235 e. The number of pyridine rings is 1. The molecule has 1 atom stereocenters. The number of imide groups is 1. The summed E-state index contributed by atoms with van der Waals surface area (Å²) in [6.45, 7) is 0. The van der Waals surface area contributed by atoms with E-state index >= 15 is 0 Å². The lowest BCUT2D eigenvalue weighted by Crippen LogP contribution is -2.40. The summed E-state index contributed by atoms with van der Waals surface area (Å²) in [5, 5.41) is 6.68. The van der Waals surface area contributed by atoms with Gasteiger partial charge in [-0.3, -0.25) is 14.9 Å². The van der Waals surface area contributed by atoms with Crippen LogP contribution < -0.4 is 5.32 Å². The number of carbonyl (C=O) groups excluding carboxylic acids is 2. The van der Waals surface area contributed by atoms with Gasteiger partial charge in [-0.05, 0) is 40.5 Å². The highest BCUT2D eigenvalue weighted by atomic mass is 79.9. The van der Waals surface area contributed by atoms with Crippen molar-refractivity contribution < 1.29 is 9.59 Å². The Kier molecular flexibility index (Phi) is 2.66. The van der Waals surface area contributed by atoms with E-state index in [9.17, 15) is 9.59 Å². The molecular weight excluding hydrogens is 298 g/mol. The molecule has 1 aliphatic rings. The lowest BCUT2D eigenvalue weighted by atomic mass is 9.94. The number of amides is 2. The van der Waals surface area contributed by atoms with Gasteiger partial charge in [-0.25, -0.2) is 4.52 Å². The summed E-state index contributed by atoms with van der Waals surface area (Å²) in [5.41, 5.74) is 1.73. The van der Waals surface area contributed by atoms with Crippen LogP contribution in [0, 0.1) is 0 Å². The van der Waals surface area contributed by atoms with Crippen LogP contribution in [0.25, 0.3) is 5.52 Å². The third-order valence-corrected chi connectivity index (χ3v) is 3.47. The molecular formula is C12H10BrN3O2. The van der Waals surface area contributed by atoms with Crippen LogP contribution in [0.1, 0.15) is 24.5 Å². The van der Waals surface area contributed by atoms with Crippen molar-refractivity contribution in [2.24, 2.45) is 0 Å². The van der Waals surface area contributed by atoms with E-state index in [1.54, 1.807) is 4.52 Å². The Balaban J connectivity index is 2.08. The van der Waals surface area contributed by atoms with Crippen LogP contribution >= 0.6 is 15.9 Å². The van der Waals surface area contributed by atoms with Gasteiger partial charge in [-0.15, -0.1) is 0 Å². The largest absolute Gasteiger partial charge is 0.296 e. The van der Waals surface area contributed by atoms with E-state index in [4.69, 9.17) is 0 Å². The third-order valence-electron chi connectivity index (χ3n) is 3.08. The van der Waals surface area contributed by atoms with Crippen molar-refractivity contribution in [3.05, 3.63) is 34.6 Å². The maximum atomic E-state index is 11.9. The van der Waals surface area contributed by atoms with Crippen LogP contribution in [0.5, 0.6) is 0 Å². The third kappa shape index (κ3) is 1.82. The van der Waals surface area contributed by atoms with Gasteiger partial charge in [0.2, 0.25) is 11.8 Å². The number of rotatable bonds is 1. The lowest BCUT2D eigenvalue weighted by Gasteiger charge is -2.21. The van der Waals surface area contributed by atoms with Gasteiger partial charge in [-0.2, -0.15) is 5.10 Å². The topological polar surface area (TPSA) is 63.5 Å². The predicted octanol–water partition coefficient (Wildman–Crippen LogP) is 1.62. The minimum atomic E-state index is -0.321. The Hall–Kier alpha value is -1.69. The molecule has 0 saturated carbocycles. The SMILES string of the molecule is O=C1CCC(c2cccc3cc(Br)nn23)C(=O)N1. The van der Waals surface area contributed by atoms with E-state index in [-0.39, 0.29) is 17.7 Å². The molecule has 2 aromatic rings. The molecule has 1 aliphatic heterocycles. The van der Waals surface area contributed by atoms with Crippen molar-refractivity contribution in [2.45, 2.75) is 18.8 Å². The number of nitrogens with one attached hydrogen (secondary N) is 1. The standard InChI is InChI=1S/C12H10BrN3O2/c13-10-6-7-2-1-3-9(16(7)15-10)8-4-5-11(17)14-12(8)18/h1-3,6,8H,4-5H2,(H,14,17,18). The summed E-state index contributed by atoms with van der Waals surface area (Å²) in [7, 11) is 0. The first-order chi connectivity index (χ1) is 8.65. The molecule has 0 bridgehead atoms. The Bertz CT molecular complexity index is 650. The van der Waals surface area contributed by atoms with Crippen LogP contribution in [0.3, 0.4) is 0 Å². The van der Waals surface area contributed by atoms with E-state index in [1.165, 1.54) is 0 Å². The van der Waals surface area contributed by atoms with Gasteiger partial charge in [0, 0.05) is 6.42 Å². The summed E-state index contributed by atoms with van der Waals surface area (Å²) >= 11 is 3.32. The second-order valence-electron chi connectivity index (χ2n) is 4.26. The molecule has 2 aromatic heterocycles. The Morgan fingerprint density at radius 2 is 2.22 bits per heavy atom. The van der Waals surface area contributed by atoms with E-state index in [0.29, 0.717) is 12.8 Å². The van der Waals surface area contributed by atoms with Crippen molar-refractivity contribution in [1.29, 1.82) is 0 Å². The molecule has 0 aliphatic carbocycles. The fraction of sp³-hybridized carbons (Fsp3) is 0.250. The van der Waals surface area contributed by atoms with E-state index < -0.39 is 0 Å². The van der Waals surface area contributed by atoms with Crippen molar-refractivity contribution in [3.63, 3.8) is 0 Å². The molecule has 1 unspecified atom stereocenters. The number of fused-ring (bicyclic) bond motifs is 1. The molecule has 2 amide bonds. The number of piperidine rings is 1. The van der Waals surface area contributed by atoms with Crippen molar-refractivity contribution in [3.8, 4) is 0 Å². The number of nitrogens with zero attached hydrogens (tertiary/aromatic N) is 2. The Morgan fingerprint density at radius 3 is 3.00 bits per heavy atom. The van der Waals surface area contributed by atoms with Gasteiger partial charge in [0.15, 0.2) is 0 Å². The summed E-state index contributed by atoms with van der Waals surface area (Å²) in [6, 6.07) is 7.57. The summed E-state index contributed by atoms with van der Waals surface area (Å²) in [6.07, 6.45) is 0.899. The van der Waals surface area contributed by atoms with Crippen molar-refractivity contribution in [2.75, 3.05) is 0 Å². The van der Waals surface area contributed by atoms with Gasteiger partial charge >= 0.3 is 0 Å². The van der Waals surface area contributed by atoms with Crippen molar-refractivity contribution >= 4 is 33.3 Å². The molecule has 1 fully saturated rings. The first-order valence-electron chi connectivity index (χ1n) is 5.63. The Morgan fingerprint density at radius 1 is 1.39 bits per heavy atom. The van der Waals surface area contributed by atoms with Crippen LogP contribution in [0.4, 0.5) is 0 Å². The summed E-state index contributed by atoms with van der Waals surface area (Å²) in [5.74, 6) is -0.770. The van der Waals surface area contributed by atoms with Gasteiger partial charge in [0.1, 0.15) is 4.60 Å². The molecule has 5 nitrogen and oxygen atoms in total. The maximum absolute atomic E-state index is 11.9. The number of hydrogen-bond acceptors (Lipinski definition) is 3. The molecule has 92 valence electrons. The fourth-order valence-electron chi connectivity index (χ4n) is 2.25. The molecule has 0 spiro atoms. The molecule has 3 rings (SSSR count). The zero-order chi connectivity index (χ0) is 12.7. The second kappa shape index (κ2) is 4.20. The number of aromatic nitrogens is 2. The van der Waals surface area contributed by atoms with Crippen LogP contribution in [-0.4, -0.2) is 21.4 Å². The fourth-order valence-corrected chi connectivity index (χ4v) is 2.64. The lowest BCUT2D eigenvalue weighted by molar-refractivity contribution is -0.134. The number of hydrogen-bond donors (Lipinski definition) is 1. The predicted molar refractivity (Wildman–Crippen MR) is 68.0 cm³/mol. The van der Waals surface area contributed by atoms with E-state index in [0.717, 1.165) is 15.8 Å². The first-order valence-corrected chi connectivity index (χ1v) is 6.42. The highest BCUT2D eigenvalue weighted by Gasteiger charge is 2.29. The zero-order valence-electron chi connectivity index (χ0n) is 9.39. The molecule has 3 heterocycles.